The van der Waals surface area contributed by atoms with Crippen molar-refractivity contribution in [2.75, 3.05) is 0 Å². The third-order valence-corrected chi connectivity index (χ3v) is 3.81. The van der Waals surface area contributed by atoms with Gasteiger partial charge in [0.05, 0.1) is 6.61 Å². The van der Waals surface area contributed by atoms with E-state index in [0.29, 0.717) is 6.61 Å². The van der Waals surface area contributed by atoms with Crippen molar-refractivity contribution >= 4 is 15.9 Å². The molecule has 2 aromatic carbocycles. The van der Waals surface area contributed by atoms with Crippen LogP contribution in [0.3, 0.4) is 0 Å². The smallest absolute Gasteiger partial charge is 0.125 e. The summed E-state index contributed by atoms with van der Waals surface area (Å²) in [7, 11) is 0. The van der Waals surface area contributed by atoms with E-state index in [-0.39, 0.29) is 6.61 Å². The molecule has 0 fully saturated rings. The summed E-state index contributed by atoms with van der Waals surface area (Å²) < 4.78 is 6.98. The Balaban J connectivity index is 2.18. The molecule has 0 aliphatic heterocycles. The van der Waals surface area contributed by atoms with Gasteiger partial charge in [-0.2, -0.15) is 0 Å². The minimum Gasteiger partial charge on any atom is -0.488 e. The summed E-state index contributed by atoms with van der Waals surface area (Å²) in [6.07, 6.45) is 0. The first-order valence-electron chi connectivity index (χ1n) is 6.19. The Bertz CT molecular complexity index is 556. The number of hydrogen-bond donors (Lipinski definition) is 1. The summed E-state index contributed by atoms with van der Waals surface area (Å²) in [4.78, 5) is 0. The van der Waals surface area contributed by atoms with Gasteiger partial charge in [-0.3, -0.25) is 0 Å². The van der Waals surface area contributed by atoms with Gasteiger partial charge in [0.2, 0.25) is 0 Å². The predicted molar refractivity (Wildman–Crippen MR) is 80.3 cm³/mol. The largest absolute Gasteiger partial charge is 0.488 e. The van der Waals surface area contributed by atoms with Crippen molar-refractivity contribution in [1.82, 2.24) is 0 Å². The first-order chi connectivity index (χ1) is 9.11. The van der Waals surface area contributed by atoms with E-state index in [0.717, 1.165) is 32.5 Å². The van der Waals surface area contributed by atoms with Crippen LogP contribution in [-0.4, -0.2) is 5.11 Å². The summed E-state index contributed by atoms with van der Waals surface area (Å²) in [6.45, 7) is 4.59. The van der Waals surface area contributed by atoms with Crippen LogP contribution in [0.15, 0.2) is 40.9 Å². The Morgan fingerprint density at radius 1 is 1.11 bits per heavy atom. The van der Waals surface area contributed by atoms with E-state index >= 15 is 0 Å². The quantitative estimate of drug-likeness (QED) is 0.917. The van der Waals surface area contributed by atoms with E-state index < -0.39 is 0 Å². The average Bonchev–Trinajstić information content (AvgIpc) is 2.39. The SMILES string of the molecule is Cc1cc(CO)cc(C)c1OCc1ccccc1Br. The fourth-order valence-electron chi connectivity index (χ4n) is 2.12. The lowest BCUT2D eigenvalue weighted by Gasteiger charge is -2.14. The van der Waals surface area contributed by atoms with Gasteiger partial charge in [0, 0.05) is 10.0 Å². The fourth-order valence-corrected chi connectivity index (χ4v) is 2.52. The zero-order valence-corrected chi connectivity index (χ0v) is 12.7. The van der Waals surface area contributed by atoms with E-state index in [2.05, 4.69) is 15.9 Å². The van der Waals surface area contributed by atoms with Gasteiger partial charge in [-0.15, -0.1) is 0 Å². The molecule has 2 aromatic rings. The van der Waals surface area contributed by atoms with Crippen molar-refractivity contribution in [3.05, 3.63) is 63.1 Å². The molecule has 0 aromatic heterocycles. The van der Waals surface area contributed by atoms with Crippen molar-refractivity contribution in [3.63, 3.8) is 0 Å². The first kappa shape index (κ1) is 14.1. The zero-order chi connectivity index (χ0) is 13.8. The Morgan fingerprint density at radius 2 is 1.74 bits per heavy atom. The van der Waals surface area contributed by atoms with E-state index in [4.69, 9.17) is 4.74 Å². The first-order valence-corrected chi connectivity index (χ1v) is 6.98. The topological polar surface area (TPSA) is 29.5 Å². The molecule has 100 valence electrons. The van der Waals surface area contributed by atoms with Gasteiger partial charge in [-0.1, -0.05) is 46.3 Å². The molecule has 2 rings (SSSR count). The Hall–Kier alpha value is -1.32. The molecular formula is C16H17BrO2. The third-order valence-electron chi connectivity index (χ3n) is 3.03. The standard InChI is InChI=1S/C16H17BrO2/c1-11-7-13(9-18)8-12(2)16(11)19-10-14-5-3-4-6-15(14)17/h3-8,18H,9-10H2,1-2H3. The number of hydrogen-bond acceptors (Lipinski definition) is 2. The number of halogens is 1. The second-order valence-corrected chi connectivity index (χ2v) is 5.45. The second-order valence-electron chi connectivity index (χ2n) is 4.60. The molecule has 0 bridgehead atoms. The van der Waals surface area contributed by atoms with E-state index in [1.54, 1.807) is 0 Å². The van der Waals surface area contributed by atoms with E-state index in [9.17, 15) is 5.11 Å². The molecule has 0 amide bonds. The maximum atomic E-state index is 9.17. The van der Waals surface area contributed by atoms with Crippen molar-refractivity contribution in [2.24, 2.45) is 0 Å². The van der Waals surface area contributed by atoms with Crippen LogP contribution in [0.4, 0.5) is 0 Å². The maximum Gasteiger partial charge on any atom is 0.125 e. The molecule has 0 spiro atoms. The number of aryl methyl sites for hydroxylation is 2. The summed E-state index contributed by atoms with van der Waals surface area (Å²) in [5.41, 5.74) is 4.14. The highest BCUT2D eigenvalue weighted by Gasteiger charge is 2.07. The van der Waals surface area contributed by atoms with Crippen molar-refractivity contribution in [3.8, 4) is 5.75 Å². The number of rotatable bonds is 4. The molecule has 0 aliphatic rings. The van der Waals surface area contributed by atoms with Gasteiger partial charge >= 0.3 is 0 Å². The summed E-state index contributed by atoms with van der Waals surface area (Å²) in [5.74, 6) is 0.896. The Labute approximate surface area is 122 Å². The molecular weight excluding hydrogens is 304 g/mol. The lowest BCUT2D eigenvalue weighted by Crippen LogP contribution is -2.00. The third kappa shape index (κ3) is 3.37. The number of aliphatic hydroxyl groups excluding tert-OH is 1. The lowest BCUT2D eigenvalue weighted by molar-refractivity contribution is 0.280. The van der Waals surface area contributed by atoms with Crippen LogP contribution in [0, 0.1) is 13.8 Å². The molecule has 2 nitrogen and oxygen atoms in total. The molecule has 0 atom stereocenters. The summed E-state index contributed by atoms with van der Waals surface area (Å²) in [5, 5.41) is 9.17. The van der Waals surface area contributed by atoms with Gasteiger partial charge in [0.15, 0.2) is 0 Å². The molecule has 0 aliphatic carbocycles. The van der Waals surface area contributed by atoms with Crippen LogP contribution >= 0.6 is 15.9 Å². The molecule has 0 unspecified atom stereocenters. The molecule has 1 N–H and O–H groups in total. The average molecular weight is 321 g/mol. The Morgan fingerprint density at radius 3 is 2.32 bits per heavy atom. The molecule has 0 saturated heterocycles. The van der Waals surface area contributed by atoms with Gasteiger partial charge < -0.3 is 9.84 Å². The van der Waals surface area contributed by atoms with Gasteiger partial charge in [0.25, 0.3) is 0 Å². The predicted octanol–water partition coefficient (Wildman–Crippen LogP) is 4.14. The monoisotopic (exact) mass is 320 g/mol. The molecule has 0 radical (unpaired) electrons. The van der Waals surface area contributed by atoms with E-state index in [1.165, 1.54) is 0 Å². The summed E-state index contributed by atoms with van der Waals surface area (Å²) >= 11 is 3.52. The molecule has 0 heterocycles. The van der Waals surface area contributed by atoms with Crippen molar-refractivity contribution in [2.45, 2.75) is 27.1 Å². The minimum absolute atomic E-state index is 0.0617. The Kier molecular flexibility index (Phi) is 4.61. The van der Waals surface area contributed by atoms with Gasteiger partial charge in [0.1, 0.15) is 12.4 Å². The fraction of sp³-hybridized carbons (Fsp3) is 0.250. The molecule has 3 heteroatoms. The van der Waals surface area contributed by atoms with Crippen LogP contribution < -0.4 is 4.74 Å². The van der Waals surface area contributed by atoms with Crippen molar-refractivity contribution in [1.29, 1.82) is 0 Å². The van der Waals surface area contributed by atoms with Crippen LogP contribution in [-0.2, 0) is 13.2 Å². The lowest BCUT2D eigenvalue weighted by atomic mass is 10.1. The van der Waals surface area contributed by atoms with Crippen molar-refractivity contribution < 1.29 is 9.84 Å². The maximum absolute atomic E-state index is 9.17. The number of ether oxygens (including phenoxy) is 1. The molecule has 19 heavy (non-hydrogen) atoms. The zero-order valence-electron chi connectivity index (χ0n) is 11.1. The second kappa shape index (κ2) is 6.22. The highest BCUT2D eigenvalue weighted by molar-refractivity contribution is 9.10. The van der Waals surface area contributed by atoms with Gasteiger partial charge in [-0.05, 0) is 36.6 Å². The number of aliphatic hydroxyl groups is 1. The van der Waals surface area contributed by atoms with Gasteiger partial charge in [-0.25, -0.2) is 0 Å². The van der Waals surface area contributed by atoms with Crippen LogP contribution in [0.5, 0.6) is 5.75 Å². The highest BCUT2D eigenvalue weighted by Crippen LogP contribution is 2.27. The van der Waals surface area contributed by atoms with Crippen LogP contribution in [0.2, 0.25) is 0 Å². The van der Waals surface area contributed by atoms with Crippen LogP contribution in [0.1, 0.15) is 22.3 Å². The molecule has 0 saturated carbocycles. The number of benzene rings is 2. The summed E-state index contributed by atoms with van der Waals surface area (Å²) in [6, 6.07) is 12.0. The normalized spacial score (nSPS) is 10.5. The van der Waals surface area contributed by atoms with Crippen LogP contribution in [0.25, 0.3) is 0 Å². The van der Waals surface area contributed by atoms with E-state index in [1.807, 2.05) is 50.2 Å². The highest BCUT2D eigenvalue weighted by atomic mass is 79.9. The minimum atomic E-state index is 0.0617.